The van der Waals surface area contributed by atoms with Crippen LogP contribution in [0.4, 0.5) is 5.69 Å². The van der Waals surface area contributed by atoms with Crippen LogP contribution in [0, 0.1) is 0 Å². The van der Waals surface area contributed by atoms with Gasteiger partial charge in [-0.25, -0.2) is 0 Å². The summed E-state index contributed by atoms with van der Waals surface area (Å²) in [6.45, 7) is 3.36. The second kappa shape index (κ2) is 8.10. The van der Waals surface area contributed by atoms with Crippen LogP contribution in [0.15, 0.2) is 67.0 Å². The van der Waals surface area contributed by atoms with E-state index in [1.807, 2.05) is 24.3 Å². The molecule has 0 unspecified atom stereocenters. The van der Waals surface area contributed by atoms with Crippen molar-refractivity contribution in [1.29, 1.82) is 0 Å². The molecule has 5 nitrogen and oxygen atoms in total. The van der Waals surface area contributed by atoms with Gasteiger partial charge in [-0.3, -0.25) is 14.8 Å². The van der Waals surface area contributed by atoms with Crippen LogP contribution in [0.1, 0.15) is 16.1 Å². The van der Waals surface area contributed by atoms with Gasteiger partial charge in [-0.15, -0.1) is 0 Å². The van der Waals surface area contributed by atoms with Gasteiger partial charge in [0.15, 0.2) is 5.78 Å². The van der Waals surface area contributed by atoms with Crippen molar-refractivity contribution in [1.82, 2.24) is 9.97 Å². The van der Waals surface area contributed by atoms with Crippen LogP contribution < -0.4 is 4.90 Å². The first kappa shape index (κ1) is 17.4. The summed E-state index contributed by atoms with van der Waals surface area (Å²) in [7, 11) is 0. The van der Waals surface area contributed by atoms with E-state index in [2.05, 4.69) is 39.1 Å². The van der Waals surface area contributed by atoms with E-state index in [1.54, 1.807) is 18.5 Å². The van der Waals surface area contributed by atoms with Crippen molar-refractivity contribution in [3.63, 3.8) is 0 Å². The fraction of sp³-hybridized carbons (Fsp3) is 0.227. The number of aromatic nitrogens is 2. The lowest BCUT2D eigenvalue weighted by molar-refractivity contribution is 0.0992. The molecular weight excluding hydrogens is 338 g/mol. The number of ether oxygens (including phenoxy) is 1. The Hall–Kier alpha value is -3.05. The van der Waals surface area contributed by atoms with Crippen LogP contribution in [0.2, 0.25) is 0 Å². The normalized spacial score (nSPS) is 14.1. The predicted molar refractivity (Wildman–Crippen MR) is 105 cm³/mol. The van der Waals surface area contributed by atoms with Gasteiger partial charge >= 0.3 is 0 Å². The van der Waals surface area contributed by atoms with Gasteiger partial charge in [0.1, 0.15) is 0 Å². The number of pyridine rings is 2. The van der Waals surface area contributed by atoms with E-state index in [-0.39, 0.29) is 5.78 Å². The number of anilines is 1. The van der Waals surface area contributed by atoms with E-state index >= 15 is 0 Å². The average Bonchev–Trinajstić information content (AvgIpc) is 2.75. The zero-order valence-electron chi connectivity index (χ0n) is 15.0. The minimum absolute atomic E-state index is 0.0438. The van der Waals surface area contributed by atoms with Crippen LogP contribution in [-0.2, 0) is 11.2 Å². The zero-order valence-corrected chi connectivity index (χ0v) is 15.0. The quantitative estimate of drug-likeness (QED) is 0.654. The molecule has 3 aromatic rings. The highest BCUT2D eigenvalue weighted by atomic mass is 16.5. The first-order chi connectivity index (χ1) is 13.3. The summed E-state index contributed by atoms with van der Waals surface area (Å²) < 4.78 is 5.40. The molecule has 0 N–H and O–H groups in total. The van der Waals surface area contributed by atoms with E-state index < -0.39 is 0 Å². The van der Waals surface area contributed by atoms with E-state index in [4.69, 9.17) is 4.74 Å². The number of nitrogens with zero attached hydrogens (tertiary/aromatic N) is 3. The molecule has 1 aromatic carbocycles. The molecule has 1 saturated heterocycles. The highest BCUT2D eigenvalue weighted by Crippen LogP contribution is 2.23. The predicted octanol–water partition coefficient (Wildman–Crippen LogP) is 3.41. The summed E-state index contributed by atoms with van der Waals surface area (Å²) in [6, 6.07) is 17.5. The van der Waals surface area contributed by atoms with Crippen molar-refractivity contribution in [2.45, 2.75) is 6.42 Å². The summed E-state index contributed by atoms with van der Waals surface area (Å²) in [5.74, 6) is 0.0438. The van der Waals surface area contributed by atoms with Crippen molar-refractivity contribution < 1.29 is 9.53 Å². The maximum Gasteiger partial charge on any atom is 0.168 e. The Morgan fingerprint density at radius 1 is 0.963 bits per heavy atom. The van der Waals surface area contributed by atoms with Gasteiger partial charge < -0.3 is 9.64 Å². The molecule has 0 amide bonds. The number of benzene rings is 1. The SMILES string of the molecule is O=C(Cc1ccccn1)c1ccnc(-c2ccc(N3CCOCC3)cc2)c1. The molecule has 3 heterocycles. The number of hydrogen-bond donors (Lipinski definition) is 0. The molecule has 1 aliphatic heterocycles. The number of carbonyl (C=O) groups excluding carboxylic acids is 1. The smallest absolute Gasteiger partial charge is 0.168 e. The third-order valence-electron chi connectivity index (χ3n) is 4.69. The van der Waals surface area contributed by atoms with Gasteiger partial charge in [-0.05, 0) is 36.4 Å². The number of rotatable bonds is 5. The molecule has 0 atom stereocenters. The summed E-state index contributed by atoms with van der Waals surface area (Å²) >= 11 is 0. The Morgan fingerprint density at radius 2 is 1.78 bits per heavy atom. The molecule has 0 spiro atoms. The summed E-state index contributed by atoms with van der Waals surface area (Å²) in [5.41, 5.74) is 4.41. The van der Waals surface area contributed by atoms with Crippen molar-refractivity contribution in [2.24, 2.45) is 0 Å². The Bertz CT molecular complexity index is 904. The highest BCUT2D eigenvalue weighted by Gasteiger charge is 2.12. The lowest BCUT2D eigenvalue weighted by atomic mass is 10.0. The summed E-state index contributed by atoms with van der Waals surface area (Å²) in [4.78, 5) is 23.6. The van der Waals surface area contributed by atoms with Crippen LogP contribution in [-0.4, -0.2) is 42.1 Å². The Kier molecular flexibility index (Phi) is 5.21. The standard InChI is InChI=1S/C22H21N3O2/c26-22(16-19-3-1-2-9-23-19)18-8-10-24-21(15-18)17-4-6-20(7-5-17)25-11-13-27-14-12-25/h1-10,15H,11-14,16H2. The Balaban J connectivity index is 1.51. The maximum atomic E-state index is 12.6. The number of ketones is 1. The van der Waals surface area contributed by atoms with Crippen molar-refractivity contribution in [3.05, 3.63) is 78.2 Å². The zero-order chi connectivity index (χ0) is 18.5. The molecule has 2 aromatic heterocycles. The van der Waals surface area contributed by atoms with Crippen LogP contribution in [0.25, 0.3) is 11.3 Å². The first-order valence-corrected chi connectivity index (χ1v) is 9.12. The molecule has 136 valence electrons. The third kappa shape index (κ3) is 4.20. The summed E-state index contributed by atoms with van der Waals surface area (Å²) in [5, 5.41) is 0. The molecule has 1 aliphatic rings. The fourth-order valence-corrected chi connectivity index (χ4v) is 3.20. The topological polar surface area (TPSA) is 55.3 Å². The number of carbonyl (C=O) groups is 1. The number of Topliss-reactive ketones (excluding diaryl/α,β-unsaturated/α-hetero) is 1. The van der Waals surface area contributed by atoms with E-state index in [0.717, 1.165) is 43.3 Å². The average molecular weight is 359 g/mol. The lowest BCUT2D eigenvalue weighted by Crippen LogP contribution is -2.36. The molecule has 0 aliphatic carbocycles. The van der Waals surface area contributed by atoms with Crippen molar-refractivity contribution in [2.75, 3.05) is 31.2 Å². The summed E-state index contributed by atoms with van der Waals surface area (Å²) in [6.07, 6.45) is 3.69. The monoisotopic (exact) mass is 359 g/mol. The van der Waals surface area contributed by atoms with Crippen LogP contribution in [0.3, 0.4) is 0 Å². The van der Waals surface area contributed by atoms with Gasteiger partial charge in [0, 0.05) is 48.0 Å². The van der Waals surface area contributed by atoms with Gasteiger partial charge in [0.05, 0.1) is 25.3 Å². The second-order valence-electron chi connectivity index (χ2n) is 6.50. The molecule has 27 heavy (non-hydrogen) atoms. The minimum Gasteiger partial charge on any atom is -0.378 e. The Labute approximate surface area is 158 Å². The van der Waals surface area contributed by atoms with E-state index in [1.165, 1.54) is 5.69 Å². The molecule has 4 rings (SSSR count). The largest absolute Gasteiger partial charge is 0.378 e. The first-order valence-electron chi connectivity index (χ1n) is 9.12. The minimum atomic E-state index is 0.0438. The molecule has 5 heteroatoms. The van der Waals surface area contributed by atoms with Gasteiger partial charge in [0.2, 0.25) is 0 Å². The Morgan fingerprint density at radius 3 is 2.52 bits per heavy atom. The molecule has 0 bridgehead atoms. The van der Waals surface area contributed by atoms with Crippen molar-refractivity contribution >= 4 is 11.5 Å². The van der Waals surface area contributed by atoms with Crippen LogP contribution >= 0.6 is 0 Å². The molecular formula is C22H21N3O2. The van der Waals surface area contributed by atoms with Gasteiger partial charge in [0.25, 0.3) is 0 Å². The van der Waals surface area contributed by atoms with E-state index in [0.29, 0.717) is 12.0 Å². The maximum absolute atomic E-state index is 12.6. The van der Waals surface area contributed by atoms with E-state index in [9.17, 15) is 4.79 Å². The van der Waals surface area contributed by atoms with Gasteiger partial charge in [-0.1, -0.05) is 18.2 Å². The number of morpholine rings is 1. The number of hydrogen-bond acceptors (Lipinski definition) is 5. The highest BCUT2D eigenvalue weighted by molar-refractivity contribution is 5.98. The lowest BCUT2D eigenvalue weighted by Gasteiger charge is -2.28. The molecule has 1 fully saturated rings. The van der Waals surface area contributed by atoms with Gasteiger partial charge in [-0.2, -0.15) is 0 Å². The van der Waals surface area contributed by atoms with Crippen molar-refractivity contribution in [3.8, 4) is 11.3 Å². The second-order valence-corrected chi connectivity index (χ2v) is 6.50. The molecule has 0 saturated carbocycles. The fourth-order valence-electron chi connectivity index (χ4n) is 3.20. The molecule has 0 radical (unpaired) electrons. The van der Waals surface area contributed by atoms with Crippen LogP contribution in [0.5, 0.6) is 0 Å². The third-order valence-corrected chi connectivity index (χ3v) is 4.69.